The summed E-state index contributed by atoms with van der Waals surface area (Å²) in [5.41, 5.74) is 0.738. The second-order valence-electron chi connectivity index (χ2n) is 5.56. The minimum absolute atomic E-state index is 0.0319. The molecule has 0 aromatic heterocycles. The maximum absolute atomic E-state index is 11.8. The van der Waals surface area contributed by atoms with Gasteiger partial charge in [-0.3, -0.25) is 9.59 Å². The number of carbonyl (C=O) groups excluding carboxylic acids is 2. The number of carbonyl (C=O) groups is 2. The molecule has 8 nitrogen and oxygen atoms in total. The van der Waals surface area contributed by atoms with Crippen molar-refractivity contribution in [1.82, 2.24) is 10.0 Å². The summed E-state index contributed by atoms with van der Waals surface area (Å²) in [6, 6.07) is 4.47. The van der Waals surface area contributed by atoms with E-state index in [4.69, 9.17) is 0 Å². The molecule has 0 spiro atoms. The van der Waals surface area contributed by atoms with E-state index in [-0.39, 0.29) is 30.3 Å². The second kappa shape index (κ2) is 7.52. The summed E-state index contributed by atoms with van der Waals surface area (Å²) in [5.74, 6) is -0.967. The molecule has 1 aromatic carbocycles. The zero-order valence-electron chi connectivity index (χ0n) is 13.4. The van der Waals surface area contributed by atoms with Crippen molar-refractivity contribution in [3.05, 3.63) is 23.8 Å². The molecule has 1 aromatic rings. The largest absolute Gasteiger partial charge is 0.506 e. The Morgan fingerprint density at radius 1 is 1.42 bits per heavy atom. The lowest BCUT2D eigenvalue weighted by molar-refractivity contribution is -0.121. The number of aryl methyl sites for hydroxylation is 1. The lowest BCUT2D eigenvalue weighted by atomic mass is 10.1. The molecule has 2 rings (SSSR count). The molecule has 0 aliphatic carbocycles. The summed E-state index contributed by atoms with van der Waals surface area (Å²) in [7, 11) is -3.95. The summed E-state index contributed by atoms with van der Waals surface area (Å²) in [6.45, 7) is 2.32. The number of nitrogens with one attached hydrogen (secondary N) is 2. The van der Waals surface area contributed by atoms with Crippen molar-refractivity contribution >= 4 is 27.7 Å². The van der Waals surface area contributed by atoms with E-state index in [0.717, 1.165) is 17.1 Å². The van der Waals surface area contributed by atoms with Crippen LogP contribution in [0, 0.1) is 0 Å². The highest BCUT2D eigenvalue weighted by Crippen LogP contribution is 2.31. The average molecular weight is 355 g/mol. The fourth-order valence-corrected chi connectivity index (χ4v) is 3.51. The normalized spacial score (nSPS) is 16.0. The molecule has 1 saturated heterocycles. The van der Waals surface area contributed by atoms with Crippen molar-refractivity contribution < 1.29 is 23.1 Å². The van der Waals surface area contributed by atoms with Gasteiger partial charge in [0, 0.05) is 13.0 Å². The maximum atomic E-state index is 11.8. The monoisotopic (exact) mass is 355 g/mol. The molecule has 24 heavy (non-hydrogen) atoms. The molecular weight excluding hydrogens is 334 g/mol. The average Bonchev–Trinajstić information content (AvgIpc) is 2.78. The first-order valence-electron chi connectivity index (χ1n) is 7.75. The quantitative estimate of drug-likeness (QED) is 0.613. The van der Waals surface area contributed by atoms with Crippen molar-refractivity contribution in [2.45, 2.75) is 32.6 Å². The van der Waals surface area contributed by atoms with Crippen LogP contribution >= 0.6 is 0 Å². The fourth-order valence-electron chi connectivity index (χ4n) is 2.35. The first kappa shape index (κ1) is 18.1. The van der Waals surface area contributed by atoms with Crippen LogP contribution in [0.15, 0.2) is 18.2 Å². The smallest absolute Gasteiger partial charge is 0.326 e. The van der Waals surface area contributed by atoms with E-state index >= 15 is 0 Å². The van der Waals surface area contributed by atoms with Crippen molar-refractivity contribution in [2.75, 3.05) is 17.4 Å². The molecule has 0 radical (unpaired) electrons. The van der Waals surface area contributed by atoms with E-state index in [1.807, 2.05) is 11.6 Å². The number of hydrogen-bond donors (Lipinski definition) is 3. The summed E-state index contributed by atoms with van der Waals surface area (Å²) < 4.78 is 26.2. The Hall–Kier alpha value is -2.29. The van der Waals surface area contributed by atoms with E-state index in [1.165, 1.54) is 12.1 Å². The molecule has 1 aliphatic heterocycles. The highest BCUT2D eigenvalue weighted by atomic mass is 32.2. The van der Waals surface area contributed by atoms with Gasteiger partial charge in [-0.15, -0.1) is 0 Å². The fraction of sp³-hybridized carbons (Fsp3) is 0.467. The van der Waals surface area contributed by atoms with Crippen LogP contribution in [0.1, 0.15) is 31.7 Å². The first-order valence-corrected chi connectivity index (χ1v) is 9.19. The molecule has 1 aliphatic rings. The van der Waals surface area contributed by atoms with Crippen LogP contribution in [-0.4, -0.2) is 38.4 Å². The Morgan fingerprint density at radius 3 is 2.75 bits per heavy atom. The van der Waals surface area contributed by atoms with Crippen LogP contribution in [-0.2, 0) is 26.2 Å². The summed E-state index contributed by atoms with van der Waals surface area (Å²) >= 11 is 0. The molecule has 1 fully saturated rings. The molecule has 9 heteroatoms. The Balaban J connectivity index is 2.00. The van der Waals surface area contributed by atoms with Crippen molar-refractivity contribution in [2.24, 2.45) is 0 Å². The van der Waals surface area contributed by atoms with Crippen LogP contribution in [0.2, 0.25) is 0 Å². The van der Waals surface area contributed by atoms with Crippen LogP contribution in [0.25, 0.3) is 0 Å². The number of phenols is 1. The Morgan fingerprint density at radius 2 is 2.17 bits per heavy atom. The van der Waals surface area contributed by atoms with Gasteiger partial charge in [-0.2, -0.15) is 8.42 Å². The predicted molar refractivity (Wildman–Crippen MR) is 88.8 cm³/mol. The third kappa shape index (κ3) is 4.38. The van der Waals surface area contributed by atoms with Crippen LogP contribution < -0.4 is 14.3 Å². The summed E-state index contributed by atoms with van der Waals surface area (Å²) in [5, 5.41) is 12.9. The Kier molecular flexibility index (Phi) is 5.66. The number of amides is 2. The lowest BCUT2D eigenvalue weighted by Crippen LogP contribution is -2.29. The highest BCUT2D eigenvalue weighted by molar-refractivity contribution is 7.92. The molecule has 2 amide bonds. The topological polar surface area (TPSA) is 116 Å². The predicted octanol–water partition coefficient (Wildman–Crippen LogP) is 0.422. The number of hydrogen-bond acceptors (Lipinski definition) is 5. The van der Waals surface area contributed by atoms with Crippen molar-refractivity contribution in [1.29, 1.82) is 0 Å². The SMILES string of the molecule is CCCCNC(=O)CCc1ccc(N2CC(=O)NS2(=O)=O)c(O)c1. The third-order valence-electron chi connectivity index (χ3n) is 3.62. The van der Waals surface area contributed by atoms with Crippen LogP contribution in [0.3, 0.4) is 0 Å². The molecule has 132 valence electrons. The van der Waals surface area contributed by atoms with Crippen LogP contribution in [0.4, 0.5) is 5.69 Å². The molecule has 3 N–H and O–H groups in total. The summed E-state index contributed by atoms with van der Waals surface area (Å²) in [4.78, 5) is 22.9. The number of benzene rings is 1. The van der Waals surface area contributed by atoms with Gasteiger partial charge in [0.25, 0.3) is 5.91 Å². The van der Waals surface area contributed by atoms with Crippen molar-refractivity contribution in [3.63, 3.8) is 0 Å². The van der Waals surface area contributed by atoms with Gasteiger partial charge in [-0.05, 0) is 30.5 Å². The third-order valence-corrected chi connectivity index (χ3v) is 5.01. The van der Waals surface area contributed by atoms with Gasteiger partial charge in [0.1, 0.15) is 12.3 Å². The second-order valence-corrected chi connectivity index (χ2v) is 7.16. The van der Waals surface area contributed by atoms with Gasteiger partial charge >= 0.3 is 10.2 Å². The van der Waals surface area contributed by atoms with Gasteiger partial charge < -0.3 is 10.4 Å². The van der Waals surface area contributed by atoms with E-state index in [1.54, 1.807) is 6.07 Å². The Labute approximate surface area is 141 Å². The molecule has 0 saturated carbocycles. The lowest BCUT2D eigenvalue weighted by Gasteiger charge is -2.16. The number of phenolic OH excluding ortho intramolecular Hbond substituents is 1. The molecule has 1 heterocycles. The van der Waals surface area contributed by atoms with E-state index < -0.39 is 16.1 Å². The van der Waals surface area contributed by atoms with Gasteiger partial charge in [0.15, 0.2) is 0 Å². The van der Waals surface area contributed by atoms with Gasteiger partial charge in [0.05, 0.1) is 5.69 Å². The number of aromatic hydroxyl groups is 1. The van der Waals surface area contributed by atoms with E-state index in [9.17, 15) is 23.1 Å². The molecule has 0 atom stereocenters. The number of nitrogens with zero attached hydrogens (tertiary/aromatic N) is 1. The number of rotatable bonds is 7. The van der Waals surface area contributed by atoms with Crippen molar-refractivity contribution in [3.8, 4) is 5.75 Å². The molecule has 0 unspecified atom stereocenters. The minimum atomic E-state index is -3.95. The first-order chi connectivity index (χ1) is 11.3. The van der Waals surface area contributed by atoms with Gasteiger partial charge in [-0.25, -0.2) is 9.03 Å². The Bertz CT molecular complexity index is 733. The molecular formula is C15H21N3O5S. The van der Waals surface area contributed by atoms with E-state index in [2.05, 4.69) is 5.32 Å². The zero-order chi connectivity index (χ0) is 17.7. The van der Waals surface area contributed by atoms with Crippen LogP contribution in [0.5, 0.6) is 5.75 Å². The summed E-state index contributed by atoms with van der Waals surface area (Å²) in [6.07, 6.45) is 2.64. The van der Waals surface area contributed by atoms with E-state index in [0.29, 0.717) is 18.5 Å². The zero-order valence-corrected chi connectivity index (χ0v) is 14.2. The standard InChI is InChI=1S/C15H21N3O5S/c1-2-3-8-16-14(20)7-5-11-4-6-12(13(19)9-11)18-10-15(21)17-24(18,22)23/h4,6,9,19H,2-3,5,7-8,10H2,1H3,(H,16,20)(H,17,21). The number of unbranched alkanes of at least 4 members (excludes halogenated alkanes) is 1. The maximum Gasteiger partial charge on any atom is 0.326 e. The minimum Gasteiger partial charge on any atom is -0.506 e. The molecule has 0 bridgehead atoms. The number of anilines is 1. The van der Waals surface area contributed by atoms with Gasteiger partial charge in [-0.1, -0.05) is 19.4 Å². The highest BCUT2D eigenvalue weighted by Gasteiger charge is 2.35. The van der Waals surface area contributed by atoms with Gasteiger partial charge in [0.2, 0.25) is 5.91 Å².